The molecule has 1 amide bonds. The fraction of sp³-hybridized carbons (Fsp3) is 0.381. The molecule has 1 saturated heterocycles. The highest BCUT2D eigenvalue weighted by Gasteiger charge is 2.29. The standard InChI is InChI=1S/C21H26N2O6S/c1-3-11-29-19-9-6-15(13-20(19)28-4-2)21(25)22-17-14-16(7-8-18(17)24)23-10-5-12-30(23,26)27/h6-9,13-14,24H,3-5,10-12H2,1-2H3,(H,22,25). The zero-order valence-corrected chi connectivity index (χ0v) is 17.9. The van der Waals surface area contributed by atoms with E-state index in [0.29, 0.717) is 48.9 Å². The number of anilines is 2. The van der Waals surface area contributed by atoms with Crippen LogP contribution in [0.4, 0.5) is 11.4 Å². The molecule has 9 heteroatoms. The number of carbonyl (C=O) groups excluding carboxylic acids is 1. The van der Waals surface area contributed by atoms with Crippen LogP contribution < -0.4 is 19.1 Å². The van der Waals surface area contributed by atoms with E-state index in [1.165, 1.54) is 22.5 Å². The number of hydrogen-bond donors (Lipinski definition) is 2. The van der Waals surface area contributed by atoms with Gasteiger partial charge >= 0.3 is 0 Å². The number of nitrogens with one attached hydrogen (secondary N) is 1. The number of sulfonamides is 1. The molecule has 0 unspecified atom stereocenters. The van der Waals surface area contributed by atoms with Crippen molar-refractivity contribution in [2.75, 3.05) is 35.1 Å². The Morgan fingerprint density at radius 3 is 2.60 bits per heavy atom. The molecule has 0 aromatic heterocycles. The van der Waals surface area contributed by atoms with E-state index in [9.17, 15) is 18.3 Å². The van der Waals surface area contributed by atoms with Gasteiger partial charge in [-0.3, -0.25) is 9.10 Å². The smallest absolute Gasteiger partial charge is 0.255 e. The quantitative estimate of drug-likeness (QED) is 0.617. The number of nitrogens with zero attached hydrogens (tertiary/aromatic N) is 1. The van der Waals surface area contributed by atoms with Crippen LogP contribution in [0.2, 0.25) is 0 Å². The molecule has 2 aromatic rings. The lowest BCUT2D eigenvalue weighted by Gasteiger charge is -2.18. The Kier molecular flexibility index (Phi) is 6.71. The van der Waals surface area contributed by atoms with Crippen LogP contribution in [-0.2, 0) is 10.0 Å². The van der Waals surface area contributed by atoms with Gasteiger partial charge in [0, 0.05) is 12.1 Å². The van der Waals surface area contributed by atoms with E-state index in [-0.39, 0.29) is 17.2 Å². The maximum atomic E-state index is 12.8. The first-order valence-electron chi connectivity index (χ1n) is 9.90. The predicted molar refractivity (Wildman–Crippen MR) is 115 cm³/mol. The molecule has 30 heavy (non-hydrogen) atoms. The summed E-state index contributed by atoms with van der Waals surface area (Å²) in [7, 11) is -3.37. The highest BCUT2D eigenvalue weighted by Crippen LogP contribution is 2.33. The van der Waals surface area contributed by atoms with Crippen molar-refractivity contribution >= 4 is 27.3 Å². The lowest BCUT2D eigenvalue weighted by atomic mass is 10.1. The van der Waals surface area contributed by atoms with Crippen molar-refractivity contribution in [3.05, 3.63) is 42.0 Å². The third kappa shape index (κ3) is 4.79. The molecule has 1 aliphatic heterocycles. The number of phenols is 1. The molecule has 0 aliphatic carbocycles. The Labute approximate surface area is 176 Å². The number of ether oxygens (including phenoxy) is 2. The summed E-state index contributed by atoms with van der Waals surface area (Å²) in [6, 6.07) is 9.19. The Hall–Kier alpha value is -2.94. The van der Waals surface area contributed by atoms with Crippen LogP contribution >= 0.6 is 0 Å². The molecule has 162 valence electrons. The number of carbonyl (C=O) groups is 1. The summed E-state index contributed by atoms with van der Waals surface area (Å²) >= 11 is 0. The zero-order chi connectivity index (χ0) is 21.7. The third-order valence-electron chi connectivity index (χ3n) is 4.58. The number of hydrogen-bond acceptors (Lipinski definition) is 6. The van der Waals surface area contributed by atoms with Gasteiger partial charge in [0.05, 0.1) is 30.3 Å². The molecule has 0 bridgehead atoms. The first-order valence-corrected chi connectivity index (χ1v) is 11.5. The first kappa shape index (κ1) is 21.8. The number of rotatable bonds is 8. The van der Waals surface area contributed by atoms with Crippen molar-refractivity contribution in [1.29, 1.82) is 0 Å². The maximum absolute atomic E-state index is 12.8. The molecule has 1 heterocycles. The van der Waals surface area contributed by atoms with E-state index in [2.05, 4.69) is 5.32 Å². The summed E-state index contributed by atoms with van der Waals surface area (Å²) in [6.07, 6.45) is 1.38. The van der Waals surface area contributed by atoms with Gasteiger partial charge in [0.25, 0.3) is 5.91 Å². The topological polar surface area (TPSA) is 105 Å². The highest BCUT2D eigenvalue weighted by atomic mass is 32.2. The Morgan fingerprint density at radius 1 is 1.13 bits per heavy atom. The van der Waals surface area contributed by atoms with E-state index in [0.717, 1.165) is 6.42 Å². The molecule has 2 N–H and O–H groups in total. The van der Waals surface area contributed by atoms with Crippen LogP contribution in [0.15, 0.2) is 36.4 Å². The largest absolute Gasteiger partial charge is 0.506 e. The first-order chi connectivity index (χ1) is 14.4. The van der Waals surface area contributed by atoms with E-state index in [1.54, 1.807) is 18.2 Å². The zero-order valence-electron chi connectivity index (χ0n) is 17.1. The molecular weight excluding hydrogens is 408 g/mol. The van der Waals surface area contributed by atoms with Crippen molar-refractivity contribution in [3.8, 4) is 17.2 Å². The summed E-state index contributed by atoms with van der Waals surface area (Å²) < 4.78 is 36.8. The van der Waals surface area contributed by atoms with Crippen LogP contribution in [0.5, 0.6) is 17.2 Å². The molecule has 0 radical (unpaired) electrons. The third-order valence-corrected chi connectivity index (χ3v) is 6.45. The fourth-order valence-corrected chi connectivity index (χ4v) is 4.71. The Bertz CT molecular complexity index is 1020. The van der Waals surface area contributed by atoms with Gasteiger partial charge in [-0.15, -0.1) is 0 Å². The van der Waals surface area contributed by atoms with Gasteiger partial charge in [-0.05, 0) is 56.2 Å². The van der Waals surface area contributed by atoms with Crippen molar-refractivity contribution < 1.29 is 27.8 Å². The molecule has 0 spiro atoms. The number of amides is 1. The Morgan fingerprint density at radius 2 is 1.93 bits per heavy atom. The van der Waals surface area contributed by atoms with Gasteiger partial charge in [-0.25, -0.2) is 8.42 Å². The van der Waals surface area contributed by atoms with Gasteiger partial charge < -0.3 is 19.9 Å². The van der Waals surface area contributed by atoms with Crippen molar-refractivity contribution in [2.45, 2.75) is 26.7 Å². The summed E-state index contributed by atoms with van der Waals surface area (Å²) in [6.45, 7) is 5.16. The average molecular weight is 435 g/mol. The average Bonchev–Trinajstić information content (AvgIpc) is 3.08. The fourth-order valence-electron chi connectivity index (χ4n) is 3.15. The molecule has 8 nitrogen and oxygen atoms in total. The van der Waals surface area contributed by atoms with E-state index in [4.69, 9.17) is 9.47 Å². The Balaban J connectivity index is 1.83. The monoisotopic (exact) mass is 434 g/mol. The second kappa shape index (κ2) is 9.25. The molecule has 2 aromatic carbocycles. The highest BCUT2D eigenvalue weighted by molar-refractivity contribution is 7.93. The van der Waals surface area contributed by atoms with Crippen LogP contribution in [0.1, 0.15) is 37.0 Å². The van der Waals surface area contributed by atoms with Gasteiger partial charge in [-0.2, -0.15) is 0 Å². The number of phenolic OH excluding ortho intramolecular Hbond substituents is 1. The second-order valence-electron chi connectivity index (χ2n) is 6.84. The second-order valence-corrected chi connectivity index (χ2v) is 8.85. The minimum atomic E-state index is -3.37. The molecule has 1 aliphatic rings. The summed E-state index contributed by atoms with van der Waals surface area (Å²) in [4.78, 5) is 12.8. The summed E-state index contributed by atoms with van der Waals surface area (Å²) in [5, 5.41) is 12.8. The van der Waals surface area contributed by atoms with Gasteiger partial charge in [0.2, 0.25) is 10.0 Å². The van der Waals surface area contributed by atoms with Gasteiger partial charge in [0.15, 0.2) is 11.5 Å². The minimum absolute atomic E-state index is 0.0855. The lowest BCUT2D eigenvalue weighted by Crippen LogP contribution is -2.25. The normalized spacial score (nSPS) is 15.1. The van der Waals surface area contributed by atoms with Crippen molar-refractivity contribution in [1.82, 2.24) is 0 Å². The number of benzene rings is 2. The SMILES string of the molecule is CCCOc1ccc(C(=O)Nc2cc(N3CCCS3(=O)=O)ccc2O)cc1OCC. The minimum Gasteiger partial charge on any atom is -0.506 e. The van der Waals surface area contributed by atoms with Gasteiger partial charge in [0.1, 0.15) is 5.75 Å². The van der Waals surface area contributed by atoms with Crippen LogP contribution in [-0.4, -0.2) is 44.9 Å². The summed E-state index contributed by atoms with van der Waals surface area (Å²) in [5.74, 6) is 0.479. The van der Waals surface area contributed by atoms with E-state index >= 15 is 0 Å². The van der Waals surface area contributed by atoms with Crippen molar-refractivity contribution in [3.63, 3.8) is 0 Å². The molecule has 1 fully saturated rings. The molecule has 3 rings (SSSR count). The van der Waals surface area contributed by atoms with E-state index in [1.807, 2.05) is 13.8 Å². The molecular formula is C21H26N2O6S. The summed E-state index contributed by atoms with van der Waals surface area (Å²) in [5.41, 5.74) is 0.851. The lowest BCUT2D eigenvalue weighted by molar-refractivity contribution is 0.102. The van der Waals surface area contributed by atoms with E-state index < -0.39 is 15.9 Å². The predicted octanol–water partition coefficient (Wildman–Crippen LogP) is 3.37. The van der Waals surface area contributed by atoms with Crippen molar-refractivity contribution in [2.24, 2.45) is 0 Å². The van der Waals surface area contributed by atoms with Crippen LogP contribution in [0, 0.1) is 0 Å². The number of aromatic hydroxyl groups is 1. The van der Waals surface area contributed by atoms with Crippen LogP contribution in [0.25, 0.3) is 0 Å². The van der Waals surface area contributed by atoms with Gasteiger partial charge in [-0.1, -0.05) is 6.92 Å². The maximum Gasteiger partial charge on any atom is 0.255 e. The van der Waals surface area contributed by atoms with Crippen LogP contribution in [0.3, 0.4) is 0 Å². The molecule has 0 saturated carbocycles. The molecule has 0 atom stereocenters.